The van der Waals surface area contributed by atoms with Crippen LogP contribution in [0.2, 0.25) is 0 Å². The second-order valence-corrected chi connectivity index (χ2v) is 7.22. The van der Waals surface area contributed by atoms with E-state index >= 15 is 0 Å². The van der Waals surface area contributed by atoms with Crippen LogP contribution >= 0.6 is 11.3 Å². The van der Waals surface area contributed by atoms with Gasteiger partial charge >= 0.3 is 6.61 Å². The molecule has 0 aliphatic carbocycles. The van der Waals surface area contributed by atoms with Crippen molar-refractivity contribution in [3.8, 4) is 16.6 Å². The summed E-state index contributed by atoms with van der Waals surface area (Å²) in [6.07, 6.45) is 3.92. The molecular weight excluding hydrogens is 400 g/mol. The summed E-state index contributed by atoms with van der Waals surface area (Å²) in [6, 6.07) is 8.24. The van der Waals surface area contributed by atoms with Gasteiger partial charge in [0.25, 0.3) is 5.91 Å². The van der Waals surface area contributed by atoms with Gasteiger partial charge in [-0.2, -0.15) is 8.78 Å². The van der Waals surface area contributed by atoms with Gasteiger partial charge < -0.3 is 15.0 Å². The van der Waals surface area contributed by atoms with Crippen LogP contribution in [0.25, 0.3) is 10.8 Å². The highest BCUT2D eigenvalue weighted by molar-refractivity contribution is 7.13. The molecule has 4 rings (SSSR count). The Bertz CT molecular complexity index is 985. The molecule has 29 heavy (non-hydrogen) atoms. The van der Waals surface area contributed by atoms with Gasteiger partial charge in [-0.25, -0.2) is 15.0 Å². The number of amides is 1. The molecule has 150 valence electrons. The summed E-state index contributed by atoms with van der Waals surface area (Å²) in [5, 5.41) is 5.19. The number of carbonyl (C=O) groups is 1. The normalized spacial score (nSPS) is 16.2. The lowest BCUT2D eigenvalue weighted by atomic mass is 10.2. The number of ether oxygens (including phenoxy) is 1. The highest BCUT2D eigenvalue weighted by Gasteiger charge is 2.27. The molecule has 1 aromatic carbocycles. The predicted octanol–water partition coefficient (Wildman–Crippen LogP) is 3.21. The van der Waals surface area contributed by atoms with Gasteiger partial charge in [0, 0.05) is 36.9 Å². The van der Waals surface area contributed by atoms with E-state index in [-0.39, 0.29) is 17.7 Å². The average molecular weight is 417 g/mol. The maximum atomic E-state index is 12.6. The largest absolute Gasteiger partial charge is 0.433 e. The Balaban J connectivity index is 1.40. The molecule has 1 aliphatic rings. The summed E-state index contributed by atoms with van der Waals surface area (Å²) < 4.78 is 29.9. The van der Waals surface area contributed by atoms with Gasteiger partial charge in [-0.05, 0) is 24.6 Å². The highest BCUT2D eigenvalue weighted by Crippen LogP contribution is 2.32. The van der Waals surface area contributed by atoms with Crippen molar-refractivity contribution in [2.75, 3.05) is 18.0 Å². The Morgan fingerprint density at radius 2 is 2.03 bits per heavy atom. The number of nitrogens with zero attached hydrogens (tertiary/aromatic N) is 4. The van der Waals surface area contributed by atoms with Crippen molar-refractivity contribution in [2.24, 2.45) is 0 Å². The van der Waals surface area contributed by atoms with Crippen molar-refractivity contribution < 1.29 is 18.3 Å². The molecule has 7 nitrogen and oxygen atoms in total. The van der Waals surface area contributed by atoms with Crippen molar-refractivity contribution in [3.63, 3.8) is 0 Å². The number of hydrogen-bond donors (Lipinski definition) is 1. The van der Waals surface area contributed by atoms with E-state index in [1.54, 1.807) is 42.0 Å². The lowest BCUT2D eigenvalue weighted by molar-refractivity contribution is -0.0495. The molecule has 1 amide bonds. The second-order valence-electron chi connectivity index (χ2n) is 6.36. The van der Waals surface area contributed by atoms with Crippen LogP contribution in [0.3, 0.4) is 0 Å². The van der Waals surface area contributed by atoms with Gasteiger partial charge in [-0.3, -0.25) is 4.79 Å². The molecule has 1 fully saturated rings. The third-order valence-corrected chi connectivity index (χ3v) is 5.28. The lowest BCUT2D eigenvalue weighted by Crippen LogP contribution is -2.37. The summed E-state index contributed by atoms with van der Waals surface area (Å²) in [6.45, 7) is -1.77. The molecule has 1 atom stereocenters. The Morgan fingerprint density at radius 3 is 2.83 bits per heavy atom. The van der Waals surface area contributed by atoms with Gasteiger partial charge in [-0.1, -0.05) is 12.1 Å². The average Bonchev–Trinajstić information content (AvgIpc) is 3.38. The summed E-state index contributed by atoms with van der Waals surface area (Å²) in [4.78, 5) is 27.0. The first-order valence-corrected chi connectivity index (χ1v) is 9.80. The molecule has 1 saturated heterocycles. The van der Waals surface area contributed by atoms with Crippen LogP contribution < -0.4 is 15.0 Å². The highest BCUT2D eigenvalue weighted by atomic mass is 32.1. The van der Waals surface area contributed by atoms with Crippen molar-refractivity contribution in [3.05, 3.63) is 53.8 Å². The van der Waals surface area contributed by atoms with Crippen LogP contribution in [0.5, 0.6) is 5.75 Å². The van der Waals surface area contributed by atoms with E-state index in [0.717, 1.165) is 0 Å². The molecule has 3 heterocycles. The van der Waals surface area contributed by atoms with Crippen LogP contribution in [0.15, 0.2) is 48.1 Å². The summed E-state index contributed by atoms with van der Waals surface area (Å²) in [5.74, 6) is 0.313. The maximum absolute atomic E-state index is 12.6. The zero-order valence-corrected chi connectivity index (χ0v) is 16.0. The van der Waals surface area contributed by atoms with Crippen molar-refractivity contribution in [1.29, 1.82) is 0 Å². The fourth-order valence-electron chi connectivity index (χ4n) is 3.16. The number of carbonyl (C=O) groups excluding carboxylic acids is 1. The number of hydrogen-bond acceptors (Lipinski definition) is 7. The Morgan fingerprint density at radius 1 is 1.24 bits per heavy atom. The van der Waals surface area contributed by atoms with E-state index in [1.807, 2.05) is 4.90 Å². The molecule has 0 radical (unpaired) electrons. The van der Waals surface area contributed by atoms with Crippen LogP contribution in [0, 0.1) is 0 Å². The number of anilines is 1. The molecule has 1 unspecified atom stereocenters. The van der Waals surface area contributed by atoms with Gasteiger partial charge in [0.1, 0.15) is 11.4 Å². The molecule has 10 heteroatoms. The third kappa shape index (κ3) is 4.48. The Hall–Kier alpha value is -3.14. The molecule has 0 spiro atoms. The zero-order valence-electron chi connectivity index (χ0n) is 15.2. The molecule has 1 N–H and O–H groups in total. The van der Waals surface area contributed by atoms with E-state index in [0.29, 0.717) is 41.7 Å². The molecule has 0 bridgehead atoms. The standard InChI is InChI=1S/C19H17F2N5O2S/c20-19(21)28-15-5-2-1-4-14(15)26-9-6-12(10-26)24-17(27)13-11-29-18(25-13)16-22-7-3-8-23-16/h1-5,7-8,11-12,19H,6,9-10H2,(H,24,27). The quantitative estimate of drug-likeness (QED) is 0.664. The van der Waals surface area contributed by atoms with E-state index in [9.17, 15) is 13.6 Å². The Kier molecular flexibility index (Phi) is 5.61. The van der Waals surface area contributed by atoms with Gasteiger partial charge in [0.15, 0.2) is 10.8 Å². The predicted molar refractivity (Wildman–Crippen MR) is 104 cm³/mol. The first-order valence-electron chi connectivity index (χ1n) is 8.92. The van der Waals surface area contributed by atoms with Crippen LogP contribution in [0.1, 0.15) is 16.9 Å². The second kappa shape index (κ2) is 8.48. The third-order valence-electron chi connectivity index (χ3n) is 4.44. The minimum atomic E-state index is -2.89. The van der Waals surface area contributed by atoms with Crippen LogP contribution in [-0.4, -0.2) is 46.6 Å². The first kappa shape index (κ1) is 19.2. The van der Waals surface area contributed by atoms with E-state index in [4.69, 9.17) is 0 Å². The molecule has 1 aliphatic heterocycles. The number of thiazole rings is 1. The first-order chi connectivity index (χ1) is 14.1. The van der Waals surface area contributed by atoms with Crippen molar-refractivity contribution >= 4 is 22.9 Å². The molecule has 3 aromatic rings. The van der Waals surface area contributed by atoms with Gasteiger partial charge in [0.05, 0.1) is 5.69 Å². The number of aromatic nitrogens is 3. The monoisotopic (exact) mass is 417 g/mol. The Labute approximate surface area is 169 Å². The summed E-state index contributed by atoms with van der Waals surface area (Å²) in [5.41, 5.74) is 0.888. The van der Waals surface area contributed by atoms with Crippen LogP contribution in [-0.2, 0) is 0 Å². The lowest BCUT2D eigenvalue weighted by Gasteiger charge is -2.21. The summed E-state index contributed by atoms with van der Waals surface area (Å²) >= 11 is 1.30. The number of nitrogens with one attached hydrogen (secondary N) is 1. The fourth-order valence-corrected chi connectivity index (χ4v) is 3.91. The smallest absolute Gasteiger partial charge is 0.387 e. The number of alkyl halides is 2. The minimum Gasteiger partial charge on any atom is -0.433 e. The van der Waals surface area contributed by atoms with E-state index in [2.05, 4.69) is 25.0 Å². The number of benzene rings is 1. The van der Waals surface area contributed by atoms with Gasteiger partial charge in [-0.15, -0.1) is 11.3 Å². The van der Waals surface area contributed by atoms with Crippen molar-refractivity contribution in [2.45, 2.75) is 19.1 Å². The fraction of sp³-hybridized carbons (Fsp3) is 0.263. The molecule has 0 saturated carbocycles. The maximum Gasteiger partial charge on any atom is 0.387 e. The SMILES string of the molecule is O=C(NC1CCN(c2ccccc2OC(F)F)C1)c1csc(-c2ncccn2)n1. The number of rotatable bonds is 6. The van der Waals surface area contributed by atoms with Crippen LogP contribution in [0.4, 0.5) is 14.5 Å². The van der Waals surface area contributed by atoms with Gasteiger partial charge in [0.2, 0.25) is 0 Å². The molecule has 2 aromatic heterocycles. The van der Waals surface area contributed by atoms with Crippen molar-refractivity contribution in [1.82, 2.24) is 20.3 Å². The van der Waals surface area contributed by atoms with E-state index in [1.165, 1.54) is 17.4 Å². The minimum absolute atomic E-state index is 0.125. The molecular formula is C19H17F2N5O2S. The zero-order chi connectivity index (χ0) is 20.2. The number of halogens is 2. The summed E-state index contributed by atoms with van der Waals surface area (Å²) in [7, 11) is 0. The topological polar surface area (TPSA) is 80.2 Å². The number of para-hydroxylation sites is 2. The van der Waals surface area contributed by atoms with E-state index < -0.39 is 6.61 Å².